The number of amides is 1. The van der Waals surface area contributed by atoms with E-state index < -0.39 is 6.10 Å². The van der Waals surface area contributed by atoms with Gasteiger partial charge in [0, 0.05) is 31.7 Å². The maximum absolute atomic E-state index is 12.2. The molecule has 0 spiro atoms. The van der Waals surface area contributed by atoms with Crippen molar-refractivity contribution in [1.82, 2.24) is 10.2 Å². The van der Waals surface area contributed by atoms with E-state index in [4.69, 9.17) is 4.74 Å². The summed E-state index contributed by atoms with van der Waals surface area (Å²) in [6.07, 6.45) is 0.709. The smallest absolute Gasteiger partial charge is 0.251 e. The summed E-state index contributed by atoms with van der Waals surface area (Å²) >= 11 is 0. The molecule has 5 heteroatoms. The summed E-state index contributed by atoms with van der Waals surface area (Å²) in [7, 11) is 0. The van der Waals surface area contributed by atoms with Gasteiger partial charge in [0.2, 0.25) is 0 Å². The number of nitrogens with one attached hydrogen (secondary N) is 1. The highest BCUT2D eigenvalue weighted by Gasteiger charge is 2.22. The van der Waals surface area contributed by atoms with Crippen LogP contribution in [0.4, 0.5) is 0 Å². The van der Waals surface area contributed by atoms with Crippen molar-refractivity contribution in [2.75, 3.05) is 19.6 Å². The Kier molecular flexibility index (Phi) is 7.41. The van der Waals surface area contributed by atoms with E-state index in [2.05, 4.69) is 37.9 Å². The molecule has 1 fully saturated rings. The number of carbonyl (C=O) groups is 1. The largest absolute Gasteiger partial charge is 0.391 e. The number of hydrogen-bond donors (Lipinski definition) is 2. The highest BCUT2D eigenvalue weighted by molar-refractivity contribution is 5.94. The molecule has 0 aromatic heterocycles. The lowest BCUT2D eigenvalue weighted by molar-refractivity contribution is -0.0704. The molecule has 1 aromatic carbocycles. The summed E-state index contributed by atoms with van der Waals surface area (Å²) in [6, 6.07) is 7.72. The summed E-state index contributed by atoms with van der Waals surface area (Å²) in [5.41, 5.74) is 1.82. The Morgan fingerprint density at radius 3 is 2.40 bits per heavy atom. The summed E-state index contributed by atoms with van der Waals surface area (Å²) < 4.78 is 5.76. The van der Waals surface area contributed by atoms with E-state index in [1.54, 1.807) is 0 Å². The number of nitrogens with zero attached hydrogens (tertiary/aromatic N) is 1. The summed E-state index contributed by atoms with van der Waals surface area (Å²) in [5, 5.41) is 12.7. The Bertz CT molecular complexity index is 534. The van der Waals surface area contributed by atoms with Crippen molar-refractivity contribution in [3.05, 3.63) is 35.4 Å². The average molecular weight is 348 g/mol. The maximum Gasteiger partial charge on any atom is 0.251 e. The molecule has 2 rings (SSSR count). The van der Waals surface area contributed by atoms with Gasteiger partial charge in [-0.15, -0.1) is 0 Å². The number of hydrogen-bond acceptors (Lipinski definition) is 4. The molecule has 3 unspecified atom stereocenters. The first-order valence-electron chi connectivity index (χ1n) is 9.26. The average Bonchev–Trinajstić information content (AvgIpc) is 2.51. The summed E-state index contributed by atoms with van der Waals surface area (Å²) in [5.74, 6) is 0.278. The van der Waals surface area contributed by atoms with E-state index in [9.17, 15) is 9.90 Å². The summed E-state index contributed by atoms with van der Waals surface area (Å²) in [6.45, 7) is 11.3. The first-order valence-corrected chi connectivity index (χ1v) is 9.26. The van der Waals surface area contributed by atoms with Crippen molar-refractivity contribution in [2.45, 2.75) is 59.0 Å². The molecule has 0 aliphatic carbocycles. The fourth-order valence-corrected chi connectivity index (χ4v) is 3.37. The van der Waals surface area contributed by atoms with Crippen LogP contribution in [0.2, 0.25) is 0 Å². The zero-order chi connectivity index (χ0) is 18.4. The van der Waals surface area contributed by atoms with E-state index in [-0.39, 0.29) is 18.1 Å². The zero-order valence-corrected chi connectivity index (χ0v) is 15.9. The number of rotatable bonds is 7. The normalized spacial score (nSPS) is 22.8. The Morgan fingerprint density at radius 1 is 1.24 bits per heavy atom. The van der Waals surface area contributed by atoms with E-state index >= 15 is 0 Å². The Labute approximate surface area is 151 Å². The van der Waals surface area contributed by atoms with E-state index in [0.29, 0.717) is 24.4 Å². The highest BCUT2D eigenvalue weighted by Crippen LogP contribution is 2.15. The van der Waals surface area contributed by atoms with Crippen LogP contribution in [0.3, 0.4) is 0 Å². The lowest BCUT2D eigenvalue weighted by Crippen LogP contribution is -2.44. The molecule has 1 aromatic rings. The van der Waals surface area contributed by atoms with Crippen LogP contribution in [0.5, 0.6) is 0 Å². The van der Waals surface area contributed by atoms with Crippen molar-refractivity contribution in [1.29, 1.82) is 0 Å². The third kappa shape index (κ3) is 6.77. The molecule has 25 heavy (non-hydrogen) atoms. The molecule has 1 aliphatic rings. The molecule has 3 atom stereocenters. The Hall–Kier alpha value is -1.43. The lowest BCUT2D eigenvalue weighted by Gasteiger charge is -2.35. The quantitative estimate of drug-likeness (QED) is 0.794. The molecule has 0 bridgehead atoms. The predicted octanol–water partition coefficient (Wildman–Crippen LogP) is 2.43. The number of aliphatic hydroxyl groups is 1. The molecule has 1 amide bonds. The highest BCUT2D eigenvalue weighted by atomic mass is 16.5. The molecule has 1 saturated heterocycles. The maximum atomic E-state index is 12.2. The first kappa shape index (κ1) is 19.9. The first-order chi connectivity index (χ1) is 11.8. The third-order valence-corrected chi connectivity index (χ3v) is 4.36. The second kappa shape index (κ2) is 9.32. The molecule has 0 radical (unpaired) electrons. The van der Waals surface area contributed by atoms with Crippen LogP contribution in [0.15, 0.2) is 24.3 Å². The lowest BCUT2D eigenvalue weighted by atomic mass is 10.1. The minimum atomic E-state index is -0.492. The minimum Gasteiger partial charge on any atom is -0.391 e. The second-order valence-electron chi connectivity index (χ2n) is 7.64. The number of benzene rings is 1. The fraction of sp³-hybridized carbons (Fsp3) is 0.650. The SMILES string of the molecule is CC(C)CC(O)CNC(=O)c1ccc(CN2CC(C)OC(C)C2)cc1. The van der Waals surface area contributed by atoms with Crippen LogP contribution in [0, 0.1) is 5.92 Å². The van der Waals surface area contributed by atoms with Gasteiger partial charge < -0.3 is 15.2 Å². The van der Waals surface area contributed by atoms with Gasteiger partial charge in [-0.1, -0.05) is 26.0 Å². The topological polar surface area (TPSA) is 61.8 Å². The van der Waals surface area contributed by atoms with Crippen molar-refractivity contribution < 1.29 is 14.6 Å². The molecule has 2 N–H and O–H groups in total. The van der Waals surface area contributed by atoms with Gasteiger partial charge >= 0.3 is 0 Å². The fourth-order valence-electron chi connectivity index (χ4n) is 3.37. The van der Waals surface area contributed by atoms with E-state index in [0.717, 1.165) is 19.6 Å². The van der Waals surface area contributed by atoms with Gasteiger partial charge in [0.25, 0.3) is 5.91 Å². The van der Waals surface area contributed by atoms with Crippen molar-refractivity contribution in [2.24, 2.45) is 5.92 Å². The van der Waals surface area contributed by atoms with Crippen LogP contribution in [-0.4, -0.2) is 53.9 Å². The standard InChI is InChI=1S/C20H32N2O3/c1-14(2)9-19(23)10-21-20(24)18-7-5-17(6-8-18)13-22-11-15(3)25-16(4)12-22/h5-8,14-16,19,23H,9-13H2,1-4H3,(H,21,24). The van der Waals surface area contributed by atoms with Crippen LogP contribution in [-0.2, 0) is 11.3 Å². The Balaban J connectivity index is 1.83. The van der Waals surface area contributed by atoms with Gasteiger partial charge in [-0.05, 0) is 43.9 Å². The molecule has 5 nitrogen and oxygen atoms in total. The Morgan fingerprint density at radius 2 is 1.84 bits per heavy atom. The number of ether oxygens (including phenoxy) is 1. The van der Waals surface area contributed by atoms with Crippen molar-refractivity contribution in [3.63, 3.8) is 0 Å². The number of aliphatic hydroxyl groups excluding tert-OH is 1. The van der Waals surface area contributed by atoms with Crippen molar-refractivity contribution in [3.8, 4) is 0 Å². The van der Waals surface area contributed by atoms with Gasteiger partial charge in [-0.2, -0.15) is 0 Å². The van der Waals surface area contributed by atoms with Gasteiger partial charge in [-0.3, -0.25) is 9.69 Å². The van der Waals surface area contributed by atoms with Gasteiger partial charge in [0.15, 0.2) is 0 Å². The monoisotopic (exact) mass is 348 g/mol. The molecule has 0 saturated carbocycles. The van der Waals surface area contributed by atoms with E-state index in [1.165, 1.54) is 5.56 Å². The molecule has 140 valence electrons. The zero-order valence-electron chi connectivity index (χ0n) is 15.9. The molecular formula is C20H32N2O3. The second-order valence-corrected chi connectivity index (χ2v) is 7.64. The van der Waals surface area contributed by atoms with Crippen LogP contribution >= 0.6 is 0 Å². The van der Waals surface area contributed by atoms with Crippen LogP contribution in [0.25, 0.3) is 0 Å². The molecule has 1 heterocycles. The minimum absolute atomic E-state index is 0.136. The molecular weight excluding hydrogens is 316 g/mol. The van der Waals surface area contributed by atoms with Crippen LogP contribution in [0.1, 0.15) is 50.0 Å². The van der Waals surface area contributed by atoms with Crippen LogP contribution < -0.4 is 5.32 Å². The summed E-state index contributed by atoms with van der Waals surface area (Å²) in [4.78, 5) is 14.6. The van der Waals surface area contributed by atoms with Gasteiger partial charge in [0.1, 0.15) is 0 Å². The van der Waals surface area contributed by atoms with Gasteiger partial charge in [-0.25, -0.2) is 0 Å². The van der Waals surface area contributed by atoms with Crippen molar-refractivity contribution >= 4 is 5.91 Å². The van der Waals surface area contributed by atoms with E-state index in [1.807, 2.05) is 24.3 Å². The van der Waals surface area contributed by atoms with Gasteiger partial charge in [0.05, 0.1) is 18.3 Å². The molecule has 1 aliphatic heterocycles. The third-order valence-electron chi connectivity index (χ3n) is 4.36. The number of carbonyl (C=O) groups excluding carboxylic acids is 1. The predicted molar refractivity (Wildman–Crippen MR) is 99.5 cm³/mol. The number of morpholine rings is 1.